The second-order valence-electron chi connectivity index (χ2n) is 6.99. The van der Waals surface area contributed by atoms with Crippen LogP contribution < -0.4 is 9.62 Å². The zero-order chi connectivity index (χ0) is 23.3. The maximum Gasteiger partial charge on any atom is 0.339 e. The van der Waals surface area contributed by atoms with E-state index in [4.69, 9.17) is 19.6 Å². The maximum absolute atomic E-state index is 11.2. The normalized spacial score (nSPS) is 10.8. The van der Waals surface area contributed by atoms with Crippen LogP contribution in [0.25, 0.3) is 6.08 Å². The summed E-state index contributed by atoms with van der Waals surface area (Å²) < 4.78 is 9.85. The van der Waals surface area contributed by atoms with Crippen LogP contribution in [0.4, 0.5) is 0 Å². The van der Waals surface area contributed by atoms with Crippen molar-refractivity contribution in [1.29, 1.82) is 0 Å². The van der Waals surface area contributed by atoms with E-state index >= 15 is 0 Å². The number of carbonyl (C=O) groups is 2. The molecular weight excluding hydrogens is 416 g/mol. The van der Waals surface area contributed by atoms with Crippen molar-refractivity contribution >= 4 is 18.0 Å². The molecule has 8 nitrogen and oxygen atoms in total. The van der Waals surface area contributed by atoms with Crippen LogP contribution in [0.2, 0.25) is 0 Å². The Balaban J connectivity index is 1.67. The predicted octanol–water partition coefficient (Wildman–Crippen LogP) is 4.40. The Morgan fingerprint density at radius 2 is 1.75 bits per heavy atom. The second-order valence-corrected chi connectivity index (χ2v) is 6.99. The van der Waals surface area contributed by atoms with Gasteiger partial charge in [0.15, 0.2) is 5.75 Å². The lowest BCUT2D eigenvalue weighted by Crippen LogP contribution is -2.01. The van der Waals surface area contributed by atoms with E-state index in [1.54, 1.807) is 30.3 Å². The molecule has 2 rings (SSSR count). The largest absolute Gasteiger partial charge is 0.507 e. The predicted molar refractivity (Wildman–Crippen MR) is 118 cm³/mol. The van der Waals surface area contributed by atoms with Crippen molar-refractivity contribution in [1.82, 2.24) is 0 Å². The Morgan fingerprint density at radius 1 is 0.969 bits per heavy atom. The van der Waals surface area contributed by atoms with Gasteiger partial charge in [-0.3, -0.25) is 0 Å². The van der Waals surface area contributed by atoms with Crippen LogP contribution >= 0.6 is 0 Å². The van der Waals surface area contributed by atoms with E-state index in [1.165, 1.54) is 32.4 Å². The van der Waals surface area contributed by atoms with Gasteiger partial charge in [0.2, 0.25) is 5.75 Å². The zero-order valence-corrected chi connectivity index (χ0v) is 18.2. The molecule has 0 amide bonds. The number of benzene rings is 2. The van der Waals surface area contributed by atoms with E-state index in [1.807, 2.05) is 0 Å². The SMILES string of the molecule is COC(=O)/C=C/c1ccc(OOCCCCCCc2ccc(O)c(C(=O)O)c2)c(OC)c1. The minimum atomic E-state index is -1.13. The average Bonchev–Trinajstić information content (AvgIpc) is 2.80. The van der Waals surface area contributed by atoms with Gasteiger partial charge in [-0.15, -0.1) is 0 Å². The van der Waals surface area contributed by atoms with Crippen LogP contribution in [0.15, 0.2) is 42.5 Å². The Hall–Kier alpha value is -3.52. The number of carboxylic acid groups (broad SMARTS) is 1. The number of methoxy groups -OCH3 is 2. The number of rotatable bonds is 13. The number of carboxylic acids is 1. The molecular formula is C24H28O8. The average molecular weight is 444 g/mol. The first kappa shape index (κ1) is 24.7. The summed E-state index contributed by atoms with van der Waals surface area (Å²) >= 11 is 0. The fraction of sp³-hybridized carbons (Fsp3) is 0.333. The molecule has 0 radical (unpaired) electrons. The molecule has 0 heterocycles. The van der Waals surface area contributed by atoms with Gasteiger partial charge in [-0.1, -0.05) is 25.0 Å². The van der Waals surface area contributed by atoms with Crippen molar-refractivity contribution in [2.24, 2.45) is 0 Å². The monoisotopic (exact) mass is 444 g/mol. The summed E-state index contributed by atoms with van der Waals surface area (Å²) in [6.07, 6.45) is 7.26. The molecule has 2 aromatic rings. The van der Waals surface area contributed by atoms with Gasteiger partial charge in [0.05, 0.1) is 20.8 Å². The lowest BCUT2D eigenvalue weighted by molar-refractivity contribution is -0.208. The number of aromatic carboxylic acids is 1. The highest BCUT2D eigenvalue weighted by molar-refractivity contribution is 5.91. The van der Waals surface area contributed by atoms with Crippen molar-refractivity contribution in [2.45, 2.75) is 32.1 Å². The summed E-state index contributed by atoms with van der Waals surface area (Å²) in [4.78, 5) is 32.8. The number of phenols is 1. The summed E-state index contributed by atoms with van der Waals surface area (Å²) in [5.41, 5.74) is 1.57. The van der Waals surface area contributed by atoms with E-state index < -0.39 is 11.9 Å². The van der Waals surface area contributed by atoms with E-state index in [9.17, 15) is 14.7 Å². The number of esters is 1. The van der Waals surface area contributed by atoms with Crippen molar-refractivity contribution in [3.63, 3.8) is 0 Å². The molecule has 2 aromatic carbocycles. The third-order valence-corrected chi connectivity index (χ3v) is 4.68. The van der Waals surface area contributed by atoms with Gasteiger partial charge in [0, 0.05) is 6.08 Å². The standard InChI is InChI=1S/C24H28O8/c1-29-22-16-18(10-13-23(26)30-2)9-12-21(22)32-31-14-6-4-3-5-7-17-8-11-20(25)19(15-17)24(27)28/h8-13,15-16,25H,3-7,14H2,1-2H3,(H,27,28)/b13-10+. The summed E-state index contributed by atoms with van der Waals surface area (Å²) in [6.45, 7) is 0.412. The van der Waals surface area contributed by atoms with Crippen LogP contribution in [0.3, 0.4) is 0 Å². The molecule has 0 aromatic heterocycles. The molecule has 2 N–H and O–H groups in total. The summed E-state index contributed by atoms with van der Waals surface area (Å²) in [6, 6.07) is 9.84. The molecule has 0 aliphatic carbocycles. The number of unbranched alkanes of at least 4 members (excludes halogenated alkanes) is 3. The molecule has 0 aliphatic heterocycles. The van der Waals surface area contributed by atoms with Crippen molar-refractivity contribution in [3.8, 4) is 17.2 Å². The quantitative estimate of drug-likeness (QED) is 0.154. The van der Waals surface area contributed by atoms with Crippen LogP contribution in [-0.2, 0) is 20.8 Å². The third-order valence-electron chi connectivity index (χ3n) is 4.68. The molecule has 8 heteroatoms. The Labute approximate surface area is 186 Å². The topological polar surface area (TPSA) is 112 Å². The summed E-state index contributed by atoms with van der Waals surface area (Å²) in [5.74, 6) is -0.885. The van der Waals surface area contributed by atoms with Gasteiger partial charge in [-0.2, -0.15) is 4.89 Å². The van der Waals surface area contributed by atoms with Crippen LogP contribution in [0, 0.1) is 0 Å². The highest BCUT2D eigenvalue weighted by Crippen LogP contribution is 2.29. The molecule has 0 saturated heterocycles. The molecule has 0 aliphatic rings. The number of ether oxygens (including phenoxy) is 2. The van der Waals surface area contributed by atoms with Crippen molar-refractivity contribution in [2.75, 3.05) is 20.8 Å². The lowest BCUT2D eigenvalue weighted by Gasteiger charge is -2.10. The molecule has 0 bridgehead atoms. The first-order chi connectivity index (χ1) is 15.4. The fourth-order valence-corrected chi connectivity index (χ4v) is 2.95. The number of hydrogen-bond donors (Lipinski definition) is 2. The lowest BCUT2D eigenvalue weighted by atomic mass is 10.0. The first-order valence-electron chi connectivity index (χ1n) is 10.2. The first-order valence-corrected chi connectivity index (χ1v) is 10.2. The van der Waals surface area contributed by atoms with Gasteiger partial charge in [-0.25, -0.2) is 9.59 Å². The van der Waals surface area contributed by atoms with Gasteiger partial charge < -0.3 is 24.6 Å². The minimum Gasteiger partial charge on any atom is -0.507 e. The van der Waals surface area contributed by atoms with Gasteiger partial charge in [-0.05, 0) is 60.7 Å². The smallest absolute Gasteiger partial charge is 0.339 e. The van der Waals surface area contributed by atoms with E-state index in [0.717, 1.165) is 43.2 Å². The van der Waals surface area contributed by atoms with Crippen molar-refractivity contribution in [3.05, 3.63) is 59.2 Å². The highest BCUT2D eigenvalue weighted by atomic mass is 17.2. The van der Waals surface area contributed by atoms with Gasteiger partial charge >= 0.3 is 11.9 Å². The second kappa shape index (κ2) is 13.0. The van der Waals surface area contributed by atoms with Crippen LogP contribution in [0.5, 0.6) is 17.2 Å². The minimum absolute atomic E-state index is 0.0732. The zero-order valence-electron chi connectivity index (χ0n) is 18.2. The highest BCUT2D eigenvalue weighted by Gasteiger charge is 2.10. The molecule has 0 saturated carbocycles. The Bertz CT molecular complexity index is 936. The summed E-state index contributed by atoms with van der Waals surface area (Å²) in [7, 11) is 2.83. The number of carbonyl (C=O) groups excluding carboxylic acids is 1. The molecule has 0 unspecified atom stereocenters. The Morgan fingerprint density at radius 3 is 2.47 bits per heavy atom. The van der Waals surface area contributed by atoms with E-state index in [0.29, 0.717) is 18.1 Å². The molecule has 172 valence electrons. The Kier molecular flexibility index (Phi) is 10.1. The molecule has 32 heavy (non-hydrogen) atoms. The number of aromatic hydroxyl groups is 1. The number of hydrogen-bond acceptors (Lipinski definition) is 7. The van der Waals surface area contributed by atoms with Crippen LogP contribution in [0.1, 0.15) is 47.2 Å². The maximum atomic E-state index is 11.2. The molecule has 0 spiro atoms. The molecule has 0 atom stereocenters. The van der Waals surface area contributed by atoms with E-state index in [-0.39, 0.29) is 11.3 Å². The fourth-order valence-electron chi connectivity index (χ4n) is 2.95. The van der Waals surface area contributed by atoms with Crippen LogP contribution in [-0.4, -0.2) is 43.0 Å². The van der Waals surface area contributed by atoms with Gasteiger partial charge in [0.25, 0.3) is 0 Å². The van der Waals surface area contributed by atoms with Gasteiger partial charge in [0.1, 0.15) is 11.3 Å². The van der Waals surface area contributed by atoms with E-state index in [2.05, 4.69) is 4.74 Å². The third kappa shape index (κ3) is 7.96. The number of aryl methyl sites for hydroxylation is 1. The summed E-state index contributed by atoms with van der Waals surface area (Å²) in [5, 5.41) is 18.6. The van der Waals surface area contributed by atoms with Crippen molar-refractivity contribution < 1.29 is 39.1 Å². The molecule has 0 fully saturated rings.